The number of quaternary nitrogens is 1. The maximum absolute atomic E-state index is 5.42. The van der Waals surface area contributed by atoms with E-state index in [1.807, 2.05) is 18.2 Å². The van der Waals surface area contributed by atoms with Gasteiger partial charge in [0.05, 0.1) is 46.0 Å². The summed E-state index contributed by atoms with van der Waals surface area (Å²) in [5.41, 5.74) is 2.07. The second kappa shape index (κ2) is 5.81. The Hall–Kier alpha value is -1.59. The summed E-state index contributed by atoms with van der Waals surface area (Å²) in [5, 5.41) is 3.25. The van der Waals surface area contributed by atoms with Crippen molar-refractivity contribution in [3.63, 3.8) is 0 Å². The van der Waals surface area contributed by atoms with Crippen LogP contribution in [0.25, 0.3) is 11.3 Å². The molecular weight excluding hydrogens is 270 g/mol. The van der Waals surface area contributed by atoms with Crippen molar-refractivity contribution in [3.8, 4) is 17.0 Å². The zero-order chi connectivity index (χ0) is 13.9. The van der Waals surface area contributed by atoms with Crippen molar-refractivity contribution in [2.45, 2.75) is 0 Å². The number of ether oxygens (including phenoxy) is 1. The third kappa shape index (κ3) is 2.64. The van der Waals surface area contributed by atoms with Gasteiger partial charge in [0.2, 0.25) is 0 Å². The Bertz CT molecular complexity index is 576. The van der Waals surface area contributed by atoms with Crippen LogP contribution in [-0.2, 0) is 0 Å². The van der Waals surface area contributed by atoms with Gasteiger partial charge in [-0.05, 0) is 12.1 Å². The SMILES string of the molecule is COc1ccccc1-c1csc(N2CC[NH+](C)CC2)n1. The van der Waals surface area contributed by atoms with Crippen LogP contribution in [0.2, 0.25) is 0 Å². The molecule has 5 heteroatoms. The second-order valence-electron chi connectivity index (χ2n) is 5.16. The molecule has 0 spiro atoms. The Morgan fingerprint density at radius 2 is 2.00 bits per heavy atom. The van der Waals surface area contributed by atoms with Gasteiger partial charge in [-0.25, -0.2) is 4.98 Å². The molecule has 0 aliphatic carbocycles. The van der Waals surface area contributed by atoms with Crippen molar-refractivity contribution in [3.05, 3.63) is 29.6 Å². The predicted octanol–water partition coefficient (Wildman–Crippen LogP) is 1.15. The maximum atomic E-state index is 5.42. The number of methoxy groups -OCH3 is 1. The number of piperazine rings is 1. The average Bonchev–Trinajstić information content (AvgIpc) is 2.97. The molecule has 1 N–H and O–H groups in total. The number of para-hydroxylation sites is 1. The summed E-state index contributed by atoms with van der Waals surface area (Å²) in [4.78, 5) is 8.78. The first-order valence-corrected chi connectivity index (χ1v) is 7.81. The lowest BCUT2D eigenvalue weighted by Gasteiger charge is -2.29. The van der Waals surface area contributed by atoms with Gasteiger partial charge in [0.1, 0.15) is 5.75 Å². The minimum Gasteiger partial charge on any atom is -0.496 e. The molecule has 0 bridgehead atoms. The molecule has 1 aromatic heterocycles. The smallest absolute Gasteiger partial charge is 0.186 e. The summed E-state index contributed by atoms with van der Waals surface area (Å²) in [6.07, 6.45) is 0. The highest BCUT2D eigenvalue weighted by Gasteiger charge is 2.20. The highest BCUT2D eigenvalue weighted by atomic mass is 32.1. The number of likely N-dealkylation sites (N-methyl/N-ethyl adjacent to an activating group) is 1. The number of aromatic nitrogens is 1. The highest BCUT2D eigenvalue weighted by molar-refractivity contribution is 7.14. The van der Waals surface area contributed by atoms with E-state index < -0.39 is 0 Å². The number of anilines is 1. The number of hydrogen-bond acceptors (Lipinski definition) is 4. The molecule has 0 saturated carbocycles. The first-order valence-electron chi connectivity index (χ1n) is 6.93. The monoisotopic (exact) mass is 290 g/mol. The van der Waals surface area contributed by atoms with E-state index in [2.05, 4.69) is 23.4 Å². The summed E-state index contributed by atoms with van der Waals surface area (Å²) in [6, 6.07) is 8.05. The van der Waals surface area contributed by atoms with Crippen LogP contribution in [0.1, 0.15) is 0 Å². The van der Waals surface area contributed by atoms with E-state index in [9.17, 15) is 0 Å². The molecule has 0 unspecified atom stereocenters. The molecule has 1 fully saturated rings. The standard InChI is InChI=1S/C15H19N3OS/c1-17-7-9-18(10-8-17)15-16-13(11-20-15)12-5-3-4-6-14(12)19-2/h3-6,11H,7-10H2,1-2H3/p+1. The van der Waals surface area contributed by atoms with Gasteiger partial charge < -0.3 is 14.5 Å². The fraction of sp³-hybridized carbons (Fsp3) is 0.400. The lowest BCUT2D eigenvalue weighted by Crippen LogP contribution is -3.12. The molecule has 0 radical (unpaired) electrons. The minimum atomic E-state index is 0.882. The zero-order valence-corrected chi connectivity index (χ0v) is 12.7. The fourth-order valence-electron chi connectivity index (χ4n) is 2.47. The van der Waals surface area contributed by atoms with Gasteiger partial charge in [-0.2, -0.15) is 0 Å². The summed E-state index contributed by atoms with van der Waals surface area (Å²) in [5.74, 6) is 0.882. The zero-order valence-electron chi connectivity index (χ0n) is 11.9. The molecule has 1 aliphatic heterocycles. The predicted molar refractivity (Wildman–Crippen MR) is 82.9 cm³/mol. The molecule has 3 rings (SSSR count). The fourth-order valence-corrected chi connectivity index (χ4v) is 3.35. The van der Waals surface area contributed by atoms with E-state index in [-0.39, 0.29) is 0 Å². The van der Waals surface area contributed by atoms with Crippen LogP contribution in [0.5, 0.6) is 5.75 Å². The van der Waals surface area contributed by atoms with Crippen LogP contribution in [-0.4, -0.2) is 45.3 Å². The number of benzene rings is 1. The minimum absolute atomic E-state index is 0.882. The molecule has 1 aromatic carbocycles. The van der Waals surface area contributed by atoms with Crippen LogP contribution in [0.15, 0.2) is 29.6 Å². The third-order valence-corrected chi connectivity index (χ3v) is 4.66. The first kappa shape index (κ1) is 13.4. The Kier molecular flexibility index (Phi) is 3.89. The Morgan fingerprint density at radius 1 is 1.25 bits per heavy atom. The van der Waals surface area contributed by atoms with E-state index in [1.54, 1.807) is 23.3 Å². The lowest BCUT2D eigenvalue weighted by atomic mass is 10.1. The summed E-state index contributed by atoms with van der Waals surface area (Å²) < 4.78 is 5.42. The van der Waals surface area contributed by atoms with Crippen LogP contribution in [0, 0.1) is 0 Å². The second-order valence-corrected chi connectivity index (χ2v) is 6.00. The molecule has 2 heterocycles. The number of rotatable bonds is 3. The van der Waals surface area contributed by atoms with Gasteiger partial charge in [-0.1, -0.05) is 12.1 Å². The first-order chi connectivity index (χ1) is 9.78. The summed E-state index contributed by atoms with van der Waals surface area (Å²) >= 11 is 1.72. The topological polar surface area (TPSA) is 29.8 Å². The van der Waals surface area contributed by atoms with Gasteiger partial charge in [-0.3, -0.25) is 0 Å². The van der Waals surface area contributed by atoms with Crippen molar-refractivity contribution >= 4 is 16.5 Å². The molecular formula is C15H20N3OS+. The van der Waals surface area contributed by atoms with Crippen LogP contribution < -0.4 is 14.5 Å². The van der Waals surface area contributed by atoms with Gasteiger partial charge in [0, 0.05) is 10.9 Å². The molecule has 0 amide bonds. The summed E-state index contributed by atoms with van der Waals surface area (Å²) in [6.45, 7) is 4.54. The van der Waals surface area contributed by atoms with Crippen molar-refractivity contribution < 1.29 is 9.64 Å². The van der Waals surface area contributed by atoms with Crippen molar-refractivity contribution in [1.82, 2.24) is 4.98 Å². The van der Waals surface area contributed by atoms with Crippen LogP contribution >= 0.6 is 11.3 Å². The van der Waals surface area contributed by atoms with Crippen molar-refractivity contribution in [1.29, 1.82) is 0 Å². The number of nitrogens with one attached hydrogen (secondary N) is 1. The molecule has 20 heavy (non-hydrogen) atoms. The van der Waals surface area contributed by atoms with E-state index in [0.29, 0.717) is 0 Å². The Labute approximate surface area is 123 Å². The van der Waals surface area contributed by atoms with Gasteiger partial charge in [-0.15, -0.1) is 11.3 Å². The molecule has 4 nitrogen and oxygen atoms in total. The third-order valence-electron chi connectivity index (χ3n) is 3.76. The highest BCUT2D eigenvalue weighted by Crippen LogP contribution is 2.33. The van der Waals surface area contributed by atoms with E-state index in [4.69, 9.17) is 9.72 Å². The van der Waals surface area contributed by atoms with Crippen molar-refractivity contribution in [2.24, 2.45) is 0 Å². The average molecular weight is 290 g/mol. The maximum Gasteiger partial charge on any atom is 0.186 e. The molecule has 106 valence electrons. The van der Waals surface area contributed by atoms with Crippen LogP contribution in [0.4, 0.5) is 5.13 Å². The van der Waals surface area contributed by atoms with E-state index in [0.717, 1.165) is 35.2 Å². The summed E-state index contributed by atoms with van der Waals surface area (Å²) in [7, 11) is 3.95. The number of hydrogen-bond donors (Lipinski definition) is 1. The van der Waals surface area contributed by atoms with Gasteiger partial charge >= 0.3 is 0 Å². The molecule has 0 atom stereocenters. The van der Waals surface area contributed by atoms with Gasteiger partial charge in [0.25, 0.3) is 0 Å². The number of nitrogens with zero attached hydrogens (tertiary/aromatic N) is 2. The van der Waals surface area contributed by atoms with Crippen molar-refractivity contribution in [2.75, 3.05) is 45.2 Å². The lowest BCUT2D eigenvalue weighted by molar-refractivity contribution is -0.880. The molecule has 1 aliphatic rings. The normalized spacial score (nSPS) is 16.4. The Morgan fingerprint density at radius 3 is 2.75 bits per heavy atom. The van der Waals surface area contributed by atoms with Crippen LogP contribution in [0.3, 0.4) is 0 Å². The largest absolute Gasteiger partial charge is 0.496 e. The van der Waals surface area contributed by atoms with E-state index >= 15 is 0 Å². The molecule has 1 saturated heterocycles. The van der Waals surface area contributed by atoms with E-state index in [1.165, 1.54) is 13.1 Å². The number of thiazole rings is 1. The molecule has 2 aromatic rings. The Balaban J connectivity index is 1.83. The van der Waals surface area contributed by atoms with Gasteiger partial charge in [0.15, 0.2) is 5.13 Å². The quantitative estimate of drug-likeness (QED) is 0.920.